The number of hydrogen-bond donors (Lipinski definition) is 2. The summed E-state index contributed by atoms with van der Waals surface area (Å²) in [6.07, 6.45) is -0.0442. The quantitative estimate of drug-likeness (QED) is 0.789. The lowest BCUT2D eigenvalue weighted by Gasteiger charge is -2.27. The smallest absolute Gasteiger partial charge is 0.307 e. The van der Waals surface area contributed by atoms with Crippen LogP contribution in [0.1, 0.15) is 12.2 Å². The van der Waals surface area contributed by atoms with Gasteiger partial charge < -0.3 is 4.74 Å². The van der Waals surface area contributed by atoms with Crippen LogP contribution < -0.4 is 0 Å². The molecule has 0 amide bonds. The van der Waals surface area contributed by atoms with Gasteiger partial charge in [0, 0.05) is 11.5 Å². The third kappa shape index (κ3) is 3.42. The first-order valence-electron chi connectivity index (χ1n) is 4.09. The summed E-state index contributed by atoms with van der Waals surface area (Å²) < 4.78 is 27.8. The van der Waals surface area contributed by atoms with Crippen LogP contribution in [0, 0.1) is 6.92 Å². The third-order valence-electron chi connectivity index (χ3n) is 1.61. The van der Waals surface area contributed by atoms with Crippen molar-refractivity contribution in [1.82, 2.24) is 9.36 Å². The number of nitrogens with zero attached hydrogens (tertiary/aromatic N) is 2. The molecule has 0 saturated carbocycles. The largest absolute Gasteiger partial charge is 0.469 e. The molecule has 0 aromatic carbocycles. The second-order valence-electron chi connectivity index (χ2n) is 2.80. The standard InChI is InChI=1S/C7H12N2O4S2/c1-5-8-7(14-9-5)15(11,12)4-3-6(10)13-2/h11-12H,3-4H2,1-2H3. The maximum atomic E-state index is 10.8. The molecule has 0 bridgehead atoms. The van der Waals surface area contributed by atoms with Gasteiger partial charge in [-0.3, -0.25) is 13.9 Å². The summed E-state index contributed by atoms with van der Waals surface area (Å²) in [5.74, 6) is -0.0573. The molecule has 1 heterocycles. The van der Waals surface area contributed by atoms with Crippen LogP contribution >= 0.6 is 22.1 Å². The molecule has 1 aromatic rings. The first-order valence-corrected chi connectivity index (χ1v) is 6.57. The maximum absolute atomic E-state index is 10.8. The summed E-state index contributed by atoms with van der Waals surface area (Å²) in [7, 11) is -1.75. The number of carbonyl (C=O) groups excluding carboxylic acids is 1. The summed E-state index contributed by atoms with van der Waals surface area (Å²) in [5, 5.41) is 0. The Hall–Kier alpha value is -0.700. The van der Waals surface area contributed by atoms with E-state index >= 15 is 0 Å². The molecule has 6 nitrogen and oxygen atoms in total. The van der Waals surface area contributed by atoms with E-state index in [0.717, 1.165) is 11.5 Å². The lowest BCUT2D eigenvalue weighted by Crippen LogP contribution is -2.10. The van der Waals surface area contributed by atoms with Gasteiger partial charge in [-0.25, -0.2) is 4.98 Å². The Balaban J connectivity index is 2.63. The molecule has 8 heteroatoms. The Bertz CT molecular complexity index is 353. The van der Waals surface area contributed by atoms with Crippen LogP contribution in [0.2, 0.25) is 0 Å². The summed E-state index contributed by atoms with van der Waals surface area (Å²) in [6.45, 7) is 1.66. The van der Waals surface area contributed by atoms with Crippen LogP contribution in [0.5, 0.6) is 0 Å². The molecule has 0 aliphatic rings. The van der Waals surface area contributed by atoms with Gasteiger partial charge in [-0.05, 0) is 6.92 Å². The molecule has 0 fully saturated rings. The lowest BCUT2D eigenvalue weighted by atomic mass is 10.5. The average Bonchev–Trinajstić information content (AvgIpc) is 2.62. The Morgan fingerprint density at radius 1 is 1.60 bits per heavy atom. The second-order valence-corrected chi connectivity index (χ2v) is 5.94. The molecule has 0 spiro atoms. The number of aryl methyl sites for hydroxylation is 1. The van der Waals surface area contributed by atoms with E-state index in [1.807, 2.05) is 0 Å². The van der Waals surface area contributed by atoms with Gasteiger partial charge in [0.1, 0.15) is 5.82 Å². The highest BCUT2D eigenvalue weighted by Crippen LogP contribution is 2.49. The fourth-order valence-corrected chi connectivity index (χ4v) is 2.99. The monoisotopic (exact) mass is 252 g/mol. The predicted octanol–water partition coefficient (Wildman–Crippen LogP) is 1.52. The van der Waals surface area contributed by atoms with Crippen molar-refractivity contribution in [3.05, 3.63) is 5.82 Å². The molecule has 86 valence electrons. The summed E-state index contributed by atoms with van der Waals surface area (Å²) in [5.41, 5.74) is 0. The first kappa shape index (κ1) is 12.4. The molecule has 0 aliphatic heterocycles. The van der Waals surface area contributed by atoms with Crippen molar-refractivity contribution in [3.63, 3.8) is 0 Å². The van der Waals surface area contributed by atoms with Gasteiger partial charge in [-0.1, -0.05) is 0 Å². The van der Waals surface area contributed by atoms with Crippen LogP contribution in [0.3, 0.4) is 0 Å². The first-order chi connectivity index (χ1) is 6.95. The van der Waals surface area contributed by atoms with Crippen molar-refractivity contribution >= 4 is 28.1 Å². The molecular formula is C7H12N2O4S2. The Kier molecular flexibility index (Phi) is 4.03. The van der Waals surface area contributed by atoms with Crippen LogP contribution in [-0.4, -0.2) is 37.3 Å². The van der Waals surface area contributed by atoms with Crippen molar-refractivity contribution < 1.29 is 18.6 Å². The van der Waals surface area contributed by atoms with Gasteiger partial charge >= 0.3 is 5.97 Å². The Morgan fingerprint density at radius 2 is 2.27 bits per heavy atom. The summed E-state index contributed by atoms with van der Waals surface area (Å²) in [6, 6.07) is 0. The SMILES string of the molecule is COC(=O)CCS(O)(O)c1nc(C)ns1. The average molecular weight is 252 g/mol. The zero-order valence-electron chi connectivity index (χ0n) is 8.34. The molecule has 1 aromatic heterocycles. The highest BCUT2D eigenvalue weighted by atomic mass is 32.3. The van der Waals surface area contributed by atoms with Crippen molar-refractivity contribution in [2.24, 2.45) is 0 Å². The second kappa shape index (κ2) is 4.88. The molecule has 0 radical (unpaired) electrons. The van der Waals surface area contributed by atoms with E-state index < -0.39 is 16.6 Å². The Morgan fingerprint density at radius 3 is 2.73 bits per heavy atom. The number of rotatable bonds is 4. The van der Waals surface area contributed by atoms with E-state index in [4.69, 9.17) is 0 Å². The van der Waals surface area contributed by atoms with Crippen LogP contribution in [0.15, 0.2) is 4.34 Å². The minimum absolute atomic E-state index is 0.0442. The topological polar surface area (TPSA) is 92.5 Å². The fraction of sp³-hybridized carbons (Fsp3) is 0.571. The van der Waals surface area contributed by atoms with Gasteiger partial charge in [-0.2, -0.15) is 4.37 Å². The van der Waals surface area contributed by atoms with Crippen molar-refractivity contribution in [2.45, 2.75) is 17.7 Å². The molecule has 0 atom stereocenters. The van der Waals surface area contributed by atoms with Gasteiger partial charge in [0.05, 0.1) is 19.3 Å². The van der Waals surface area contributed by atoms with Crippen molar-refractivity contribution in [2.75, 3.05) is 12.9 Å². The summed E-state index contributed by atoms with van der Waals surface area (Å²) in [4.78, 5) is 14.7. The van der Waals surface area contributed by atoms with Crippen LogP contribution in [0.4, 0.5) is 0 Å². The lowest BCUT2D eigenvalue weighted by molar-refractivity contribution is -0.140. The predicted molar refractivity (Wildman–Crippen MR) is 57.3 cm³/mol. The molecule has 1 rings (SSSR count). The number of esters is 1. The maximum Gasteiger partial charge on any atom is 0.307 e. The van der Waals surface area contributed by atoms with Gasteiger partial charge in [0.25, 0.3) is 0 Å². The van der Waals surface area contributed by atoms with E-state index in [1.165, 1.54) is 7.11 Å². The van der Waals surface area contributed by atoms with Crippen molar-refractivity contribution in [3.8, 4) is 0 Å². The molecular weight excluding hydrogens is 240 g/mol. The Labute approximate surface area is 92.8 Å². The molecule has 0 saturated heterocycles. The van der Waals surface area contributed by atoms with Gasteiger partial charge in [-0.15, -0.1) is 10.6 Å². The number of aromatic nitrogens is 2. The molecule has 0 unspecified atom stereocenters. The number of carbonyl (C=O) groups is 1. The minimum Gasteiger partial charge on any atom is -0.469 e. The zero-order valence-corrected chi connectivity index (χ0v) is 9.97. The van der Waals surface area contributed by atoms with Gasteiger partial charge in [0.15, 0.2) is 0 Å². The van der Waals surface area contributed by atoms with E-state index in [-0.39, 0.29) is 16.5 Å². The molecule has 0 aliphatic carbocycles. The van der Waals surface area contributed by atoms with E-state index in [9.17, 15) is 13.9 Å². The number of ether oxygens (including phenoxy) is 1. The van der Waals surface area contributed by atoms with E-state index in [2.05, 4.69) is 14.1 Å². The number of hydrogen-bond acceptors (Lipinski definition) is 7. The van der Waals surface area contributed by atoms with Crippen molar-refractivity contribution in [1.29, 1.82) is 0 Å². The third-order valence-corrected chi connectivity index (χ3v) is 4.66. The fourth-order valence-electron chi connectivity index (χ4n) is 0.826. The number of methoxy groups -OCH3 is 1. The van der Waals surface area contributed by atoms with E-state index in [0.29, 0.717) is 5.82 Å². The minimum atomic E-state index is -3.00. The highest BCUT2D eigenvalue weighted by molar-refractivity contribution is 8.25. The normalized spacial score (nSPS) is 12.5. The van der Waals surface area contributed by atoms with E-state index in [1.54, 1.807) is 6.92 Å². The zero-order chi connectivity index (χ0) is 11.5. The summed E-state index contributed by atoms with van der Waals surface area (Å²) >= 11 is 0.940. The van der Waals surface area contributed by atoms with Crippen LogP contribution in [-0.2, 0) is 9.53 Å². The molecule has 2 N–H and O–H groups in total. The molecule has 15 heavy (non-hydrogen) atoms. The van der Waals surface area contributed by atoms with Gasteiger partial charge in [0.2, 0.25) is 4.34 Å². The van der Waals surface area contributed by atoms with Crippen LogP contribution in [0.25, 0.3) is 0 Å². The highest BCUT2D eigenvalue weighted by Gasteiger charge is 2.21.